The first kappa shape index (κ1) is 22.9. The highest BCUT2D eigenvalue weighted by molar-refractivity contribution is 6.22. The molecule has 180 valence electrons. The molecule has 0 unspecified atom stereocenters. The van der Waals surface area contributed by atoms with Crippen LogP contribution in [0.15, 0.2) is 71.7 Å². The van der Waals surface area contributed by atoms with Gasteiger partial charge >= 0.3 is 5.97 Å². The van der Waals surface area contributed by atoms with Crippen molar-refractivity contribution >= 4 is 51.3 Å². The molecule has 0 fully saturated rings. The van der Waals surface area contributed by atoms with Gasteiger partial charge in [0.05, 0.1) is 29.5 Å². The molecule has 3 amide bonds. The summed E-state index contributed by atoms with van der Waals surface area (Å²) in [5, 5.41) is 4.42. The van der Waals surface area contributed by atoms with Gasteiger partial charge in [-0.1, -0.05) is 24.3 Å². The molecule has 1 N–H and O–H groups in total. The van der Waals surface area contributed by atoms with Crippen molar-refractivity contribution in [3.8, 4) is 5.75 Å². The van der Waals surface area contributed by atoms with Gasteiger partial charge < -0.3 is 19.2 Å². The van der Waals surface area contributed by atoms with E-state index in [1.165, 1.54) is 31.4 Å². The highest BCUT2D eigenvalue weighted by atomic mass is 16.5. The van der Waals surface area contributed by atoms with Gasteiger partial charge in [-0.15, -0.1) is 6.58 Å². The fourth-order valence-corrected chi connectivity index (χ4v) is 4.13. The van der Waals surface area contributed by atoms with Crippen LogP contribution in [0.1, 0.15) is 31.1 Å². The number of anilines is 1. The summed E-state index contributed by atoms with van der Waals surface area (Å²) in [5.74, 6) is -1.96. The van der Waals surface area contributed by atoms with Crippen molar-refractivity contribution in [2.24, 2.45) is 0 Å². The molecule has 2 heterocycles. The van der Waals surface area contributed by atoms with Crippen molar-refractivity contribution in [3.63, 3.8) is 0 Å². The van der Waals surface area contributed by atoms with Crippen molar-refractivity contribution < 1.29 is 33.1 Å². The Morgan fingerprint density at radius 2 is 1.78 bits per heavy atom. The fourth-order valence-electron chi connectivity index (χ4n) is 4.13. The largest absolute Gasteiger partial charge is 0.495 e. The van der Waals surface area contributed by atoms with Crippen LogP contribution in [0.25, 0.3) is 21.9 Å². The van der Waals surface area contributed by atoms with Crippen LogP contribution in [0, 0.1) is 0 Å². The first-order chi connectivity index (χ1) is 17.4. The summed E-state index contributed by atoms with van der Waals surface area (Å²) < 4.78 is 16.4. The molecule has 4 aromatic rings. The number of benzene rings is 3. The maximum atomic E-state index is 12.5. The van der Waals surface area contributed by atoms with E-state index in [9.17, 15) is 19.2 Å². The minimum absolute atomic E-state index is 0.0458. The summed E-state index contributed by atoms with van der Waals surface area (Å²) >= 11 is 0. The van der Waals surface area contributed by atoms with E-state index in [1.54, 1.807) is 12.1 Å². The lowest BCUT2D eigenvalue weighted by Crippen LogP contribution is -2.29. The van der Waals surface area contributed by atoms with Crippen molar-refractivity contribution in [1.82, 2.24) is 4.90 Å². The third-order valence-electron chi connectivity index (χ3n) is 5.83. The van der Waals surface area contributed by atoms with Gasteiger partial charge in [-0.05, 0) is 30.3 Å². The number of imide groups is 1. The van der Waals surface area contributed by atoms with Crippen LogP contribution in [0.5, 0.6) is 5.75 Å². The molecule has 0 saturated carbocycles. The molecule has 0 radical (unpaired) electrons. The first-order valence-corrected chi connectivity index (χ1v) is 11.0. The second kappa shape index (κ2) is 9.03. The quantitative estimate of drug-likeness (QED) is 0.238. The van der Waals surface area contributed by atoms with E-state index in [4.69, 9.17) is 13.9 Å². The number of rotatable bonds is 7. The van der Waals surface area contributed by atoms with Gasteiger partial charge in [0.1, 0.15) is 16.9 Å². The number of furan rings is 1. The summed E-state index contributed by atoms with van der Waals surface area (Å²) in [6, 6.07) is 15.0. The van der Waals surface area contributed by atoms with E-state index in [0.29, 0.717) is 22.6 Å². The molecule has 1 aromatic heterocycles. The monoisotopic (exact) mass is 484 g/mol. The van der Waals surface area contributed by atoms with Gasteiger partial charge in [-0.3, -0.25) is 19.3 Å². The predicted octanol–water partition coefficient (Wildman–Crippen LogP) is 4.17. The molecule has 0 atom stereocenters. The van der Waals surface area contributed by atoms with E-state index in [-0.39, 0.29) is 23.2 Å². The molecular formula is C27H20N2O7. The molecule has 0 saturated heterocycles. The minimum Gasteiger partial charge on any atom is -0.495 e. The van der Waals surface area contributed by atoms with Crippen LogP contribution in [-0.4, -0.2) is 48.9 Å². The number of carbonyl (C=O) groups is 4. The topological polar surface area (TPSA) is 115 Å². The van der Waals surface area contributed by atoms with Crippen LogP contribution in [0.2, 0.25) is 0 Å². The Balaban J connectivity index is 1.29. The Kier molecular flexibility index (Phi) is 5.73. The zero-order chi connectivity index (χ0) is 25.4. The molecule has 9 nitrogen and oxygen atoms in total. The number of esters is 1. The number of carbonyl (C=O) groups excluding carboxylic acids is 4. The van der Waals surface area contributed by atoms with E-state index in [0.717, 1.165) is 15.7 Å². The highest BCUT2D eigenvalue weighted by Gasteiger charge is 2.35. The number of methoxy groups -OCH3 is 1. The van der Waals surface area contributed by atoms with Gasteiger partial charge in [0.25, 0.3) is 17.7 Å². The predicted molar refractivity (Wildman–Crippen MR) is 131 cm³/mol. The second-order valence-electron chi connectivity index (χ2n) is 8.04. The molecule has 0 bridgehead atoms. The number of amides is 3. The van der Waals surface area contributed by atoms with Gasteiger partial charge in [-0.2, -0.15) is 0 Å². The van der Waals surface area contributed by atoms with Crippen LogP contribution in [-0.2, 0) is 9.53 Å². The Bertz CT molecular complexity index is 1580. The standard InChI is InChI=1S/C27H20N2O7/c1-3-10-29-25(31)17-9-8-15(11-19(17)26(29)32)27(33)35-14-24(30)28-20-13-22-18(12-23(20)34-2)16-6-4-5-7-21(16)36-22/h3-9,11-13H,1,10,14H2,2H3,(H,28,30). The van der Waals surface area contributed by atoms with E-state index in [1.807, 2.05) is 24.3 Å². The maximum absolute atomic E-state index is 12.5. The summed E-state index contributed by atoms with van der Waals surface area (Å²) in [6.45, 7) is 3.03. The number of hydrogen-bond donors (Lipinski definition) is 1. The molecular weight excluding hydrogens is 464 g/mol. The van der Waals surface area contributed by atoms with Crippen molar-refractivity contribution in [1.29, 1.82) is 0 Å². The highest BCUT2D eigenvalue weighted by Crippen LogP contribution is 2.36. The molecule has 0 spiro atoms. The maximum Gasteiger partial charge on any atom is 0.338 e. The lowest BCUT2D eigenvalue weighted by Gasteiger charge is -2.11. The van der Waals surface area contributed by atoms with Gasteiger partial charge in [0, 0.05) is 23.4 Å². The minimum atomic E-state index is -0.810. The summed E-state index contributed by atoms with van der Waals surface area (Å²) in [5.41, 5.74) is 1.97. The van der Waals surface area contributed by atoms with E-state index in [2.05, 4.69) is 11.9 Å². The number of fused-ring (bicyclic) bond motifs is 4. The number of para-hydroxylation sites is 1. The van der Waals surface area contributed by atoms with Crippen molar-refractivity contribution in [2.45, 2.75) is 0 Å². The smallest absolute Gasteiger partial charge is 0.338 e. The first-order valence-electron chi connectivity index (χ1n) is 11.0. The van der Waals surface area contributed by atoms with Crippen LogP contribution < -0.4 is 10.1 Å². The average Bonchev–Trinajstić information content (AvgIpc) is 3.36. The van der Waals surface area contributed by atoms with Crippen LogP contribution in [0.4, 0.5) is 5.69 Å². The summed E-state index contributed by atoms with van der Waals surface area (Å²) in [7, 11) is 1.48. The molecule has 0 aliphatic carbocycles. The van der Waals surface area contributed by atoms with Gasteiger partial charge in [-0.25, -0.2) is 4.79 Å². The normalized spacial score (nSPS) is 12.6. The van der Waals surface area contributed by atoms with E-state index >= 15 is 0 Å². The lowest BCUT2D eigenvalue weighted by atomic mass is 10.1. The third kappa shape index (κ3) is 3.86. The Morgan fingerprint density at radius 3 is 2.56 bits per heavy atom. The summed E-state index contributed by atoms with van der Waals surface area (Å²) in [4.78, 5) is 50.9. The zero-order valence-corrected chi connectivity index (χ0v) is 19.2. The molecule has 9 heteroatoms. The number of nitrogens with zero attached hydrogens (tertiary/aromatic N) is 1. The van der Waals surface area contributed by atoms with Crippen molar-refractivity contribution in [3.05, 3.63) is 83.9 Å². The lowest BCUT2D eigenvalue weighted by molar-refractivity contribution is -0.119. The Labute approximate surface area is 204 Å². The molecule has 1 aliphatic rings. The average molecular weight is 484 g/mol. The third-order valence-corrected chi connectivity index (χ3v) is 5.83. The molecule has 1 aliphatic heterocycles. The molecule has 36 heavy (non-hydrogen) atoms. The molecule has 5 rings (SSSR count). The zero-order valence-electron chi connectivity index (χ0n) is 19.2. The number of ether oxygens (including phenoxy) is 2. The van der Waals surface area contributed by atoms with Crippen molar-refractivity contribution in [2.75, 3.05) is 25.6 Å². The molecule has 3 aromatic carbocycles. The van der Waals surface area contributed by atoms with Crippen LogP contribution >= 0.6 is 0 Å². The number of hydrogen-bond acceptors (Lipinski definition) is 7. The van der Waals surface area contributed by atoms with Gasteiger partial charge in [0.2, 0.25) is 0 Å². The van der Waals surface area contributed by atoms with E-state index < -0.39 is 30.3 Å². The van der Waals surface area contributed by atoms with Gasteiger partial charge in [0.15, 0.2) is 6.61 Å². The van der Waals surface area contributed by atoms with Crippen LogP contribution in [0.3, 0.4) is 0 Å². The Morgan fingerprint density at radius 1 is 1.00 bits per heavy atom. The number of nitrogens with one attached hydrogen (secondary N) is 1. The second-order valence-corrected chi connectivity index (χ2v) is 8.04. The summed E-state index contributed by atoms with van der Waals surface area (Å²) in [6.07, 6.45) is 1.44. The SMILES string of the molecule is C=CCN1C(=O)c2ccc(C(=O)OCC(=O)Nc3cc4oc5ccccc5c4cc3OC)cc2C1=O. The fraction of sp³-hybridized carbons (Fsp3) is 0.111. The Hall–Kier alpha value is -4.92.